The zero-order valence-electron chi connectivity index (χ0n) is 18.5. The molecule has 3 unspecified atom stereocenters. The molecule has 13 heteroatoms. The zero-order chi connectivity index (χ0) is 27.3. The fraction of sp³-hybridized carbons (Fsp3) is 0.250. The van der Waals surface area contributed by atoms with E-state index in [2.05, 4.69) is 0 Å². The van der Waals surface area contributed by atoms with E-state index in [4.69, 9.17) is 13.6 Å². The molecule has 3 rings (SSSR count). The van der Waals surface area contributed by atoms with Crippen molar-refractivity contribution in [3.05, 3.63) is 108 Å². The standard InChI is InChI=1S/C24H18F9O3P/c25-22(26,27)19(16-10-4-1-5-11-16)34-37(35-20(23(28,29)30)17-12-6-2-7-13-17)36-21(24(31,32)33)18-14-8-3-9-15-18/h1-15,19-21H. The van der Waals surface area contributed by atoms with E-state index in [1.54, 1.807) is 0 Å². The number of hydrogen-bond donors (Lipinski definition) is 0. The molecule has 0 aliphatic rings. The Kier molecular flexibility index (Phi) is 9.22. The smallest absolute Gasteiger partial charge is 0.294 e. The molecule has 0 radical (unpaired) electrons. The van der Waals surface area contributed by atoms with Gasteiger partial charge in [0.15, 0.2) is 18.3 Å². The Bertz CT molecular complexity index is 950. The maximum absolute atomic E-state index is 13.9. The van der Waals surface area contributed by atoms with Crippen LogP contribution in [0, 0.1) is 0 Å². The summed E-state index contributed by atoms with van der Waals surface area (Å²) in [6.07, 6.45) is -24.5. The van der Waals surface area contributed by atoms with Gasteiger partial charge in [0, 0.05) is 0 Å². The van der Waals surface area contributed by atoms with Gasteiger partial charge >= 0.3 is 27.1 Å². The Labute approximate surface area is 206 Å². The SMILES string of the molecule is FC(F)(F)C(OP(OC(c1ccccc1)C(F)(F)F)OC(c1ccccc1)C(F)(F)F)c1ccccc1. The number of halogens is 9. The van der Waals surface area contributed by atoms with Crippen LogP contribution in [0.3, 0.4) is 0 Å². The normalized spacial score (nSPS) is 16.1. The molecule has 0 aromatic heterocycles. The van der Waals surface area contributed by atoms with Gasteiger partial charge in [0.2, 0.25) is 0 Å². The third-order valence-electron chi connectivity index (χ3n) is 4.77. The van der Waals surface area contributed by atoms with Crippen LogP contribution in [0.5, 0.6) is 0 Å². The average molecular weight is 556 g/mol. The first-order valence-electron chi connectivity index (χ1n) is 10.4. The van der Waals surface area contributed by atoms with Crippen molar-refractivity contribution in [2.24, 2.45) is 0 Å². The number of rotatable bonds is 9. The molecule has 0 aliphatic heterocycles. The third kappa shape index (κ3) is 8.16. The molecule has 0 saturated heterocycles. The lowest BCUT2D eigenvalue weighted by molar-refractivity contribution is -0.227. The summed E-state index contributed by atoms with van der Waals surface area (Å²) < 4.78 is 139. The first-order valence-corrected chi connectivity index (χ1v) is 11.5. The van der Waals surface area contributed by atoms with Gasteiger partial charge in [-0.1, -0.05) is 91.0 Å². The molecule has 0 spiro atoms. The van der Waals surface area contributed by atoms with E-state index >= 15 is 0 Å². The molecule has 0 amide bonds. The predicted molar refractivity (Wildman–Crippen MR) is 116 cm³/mol. The van der Waals surface area contributed by atoms with Crippen molar-refractivity contribution >= 4 is 8.60 Å². The molecule has 0 fully saturated rings. The number of alkyl halides is 9. The lowest BCUT2D eigenvalue weighted by atomic mass is 10.1. The molecule has 0 saturated carbocycles. The van der Waals surface area contributed by atoms with E-state index in [0.717, 1.165) is 36.4 Å². The Balaban J connectivity index is 2.05. The van der Waals surface area contributed by atoms with Crippen molar-refractivity contribution in [1.82, 2.24) is 0 Å². The van der Waals surface area contributed by atoms with Crippen LogP contribution in [0.25, 0.3) is 0 Å². The molecule has 0 bridgehead atoms. The Morgan fingerprint density at radius 3 is 0.811 bits per heavy atom. The van der Waals surface area contributed by atoms with E-state index in [9.17, 15) is 39.5 Å². The zero-order valence-corrected chi connectivity index (χ0v) is 19.4. The van der Waals surface area contributed by atoms with Crippen LogP contribution in [-0.4, -0.2) is 18.5 Å². The van der Waals surface area contributed by atoms with Crippen molar-refractivity contribution < 1.29 is 53.1 Å². The largest absolute Gasteiger partial charge is 0.419 e. The van der Waals surface area contributed by atoms with Crippen LogP contribution < -0.4 is 0 Å². The Hall–Kier alpha value is -2.66. The van der Waals surface area contributed by atoms with Gasteiger partial charge in [-0.2, -0.15) is 39.5 Å². The van der Waals surface area contributed by atoms with Crippen molar-refractivity contribution in [2.45, 2.75) is 36.8 Å². The summed E-state index contributed by atoms with van der Waals surface area (Å²) in [5, 5.41) is 0. The second-order valence-electron chi connectivity index (χ2n) is 7.54. The second kappa shape index (κ2) is 11.8. The van der Waals surface area contributed by atoms with E-state index in [1.807, 2.05) is 0 Å². The molecule has 37 heavy (non-hydrogen) atoms. The summed E-state index contributed by atoms with van der Waals surface area (Å²) in [5.41, 5.74) is -1.70. The lowest BCUT2D eigenvalue weighted by Gasteiger charge is -2.31. The maximum atomic E-state index is 13.9. The maximum Gasteiger partial charge on any atom is 0.419 e. The second-order valence-corrected chi connectivity index (χ2v) is 8.62. The van der Waals surface area contributed by atoms with Crippen molar-refractivity contribution in [3.63, 3.8) is 0 Å². The van der Waals surface area contributed by atoms with Crippen molar-refractivity contribution in [1.29, 1.82) is 0 Å². The van der Waals surface area contributed by atoms with Crippen LogP contribution in [0.15, 0.2) is 91.0 Å². The topological polar surface area (TPSA) is 27.7 Å². The molecule has 3 aromatic rings. The summed E-state index contributed by atoms with van der Waals surface area (Å²) in [4.78, 5) is 0. The Morgan fingerprint density at radius 2 is 0.622 bits per heavy atom. The highest BCUT2D eigenvalue weighted by atomic mass is 31.2. The fourth-order valence-corrected chi connectivity index (χ4v) is 4.53. The number of benzene rings is 3. The quantitative estimate of drug-likeness (QED) is 0.194. The van der Waals surface area contributed by atoms with Crippen LogP contribution in [-0.2, 0) is 13.6 Å². The van der Waals surface area contributed by atoms with Gasteiger partial charge in [0.05, 0.1) is 0 Å². The summed E-state index contributed by atoms with van der Waals surface area (Å²) in [6, 6.07) is 17.1. The predicted octanol–water partition coefficient (Wildman–Crippen LogP) is 9.17. The highest BCUT2D eigenvalue weighted by molar-refractivity contribution is 7.41. The fourth-order valence-electron chi connectivity index (χ4n) is 3.15. The molecule has 0 heterocycles. The van der Waals surface area contributed by atoms with Gasteiger partial charge in [-0.05, 0) is 16.7 Å². The first-order chi connectivity index (χ1) is 17.3. The molecule has 0 N–H and O–H groups in total. The molecule has 200 valence electrons. The first kappa shape index (κ1) is 28.9. The number of hydrogen-bond acceptors (Lipinski definition) is 3. The monoisotopic (exact) mass is 556 g/mol. The van der Waals surface area contributed by atoms with Gasteiger partial charge in [0.25, 0.3) is 0 Å². The molecule has 3 aromatic carbocycles. The van der Waals surface area contributed by atoms with Gasteiger partial charge in [-0.25, -0.2) is 0 Å². The van der Waals surface area contributed by atoms with Gasteiger partial charge in [-0.3, -0.25) is 13.6 Å². The summed E-state index contributed by atoms with van der Waals surface area (Å²) in [7, 11) is -3.90. The lowest BCUT2D eigenvalue weighted by Crippen LogP contribution is -2.28. The van der Waals surface area contributed by atoms with Crippen molar-refractivity contribution in [3.8, 4) is 0 Å². The van der Waals surface area contributed by atoms with E-state index < -0.39 is 62.1 Å². The molecular formula is C24H18F9O3P. The summed E-state index contributed by atoms with van der Waals surface area (Å²) in [5.74, 6) is 0. The molecular weight excluding hydrogens is 538 g/mol. The van der Waals surface area contributed by atoms with Crippen molar-refractivity contribution in [2.75, 3.05) is 0 Å². The minimum Gasteiger partial charge on any atom is -0.294 e. The van der Waals surface area contributed by atoms with Gasteiger partial charge in [0.1, 0.15) is 0 Å². The molecule has 0 aliphatic carbocycles. The summed E-state index contributed by atoms with van der Waals surface area (Å²) in [6.45, 7) is 0. The Morgan fingerprint density at radius 1 is 0.405 bits per heavy atom. The van der Waals surface area contributed by atoms with E-state index in [-0.39, 0.29) is 0 Å². The highest BCUT2D eigenvalue weighted by Gasteiger charge is 2.51. The van der Waals surface area contributed by atoms with Gasteiger partial charge < -0.3 is 0 Å². The van der Waals surface area contributed by atoms with Crippen LogP contribution in [0.2, 0.25) is 0 Å². The molecule has 3 nitrogen and oxygen atoms in total. The van der Waals surface area contributed by atoms with Crippen LogP contribution in [0.4, 0.5) is 39.5 Å². The van der Waals surface area contributed by atoms with Gasteiger partial charge in [-0.15, -0.1) is 0 Å². The van der Waals surface area contributed by atoms with Crippen LogP contribution >= 0.6 is 8.60 Å². The van der Waals surface area contributed by atoms with E-state index in [0.29, 0.717) is 0 Å². The minimum atomic E-state index is -5.23. The van der Waals surface area contributed by atoms with Crippen LogP contribution in [0.1, 0.15) is 35.0 Å². The molecule has 3 atom stereocenters. The minimum absolute atomic E-state index is 0.568. The highest BCUT2D eigenvalue weighted by Crippen LogP contribution is 2.58. The van der Waals surface area contributed by atoms with E-state index in [1.165, 1.54) is 54.6 Å². The summed E-state index contributed by atoms with van der Waals surface area (Å²) >= 11 is 0. The average Bonchev–Trinajstić information content (AvgIpc) is 2.83. The third-order valence-corrected chi connectivity index (χ3v) is 5.92.